The SMILES string of the molecule is CC(=O)CNC(=O)CCCl. The van der Waals surface area contributed by atoms with Crippen LogP contribution in [0.5, 0.6) is 0 Å². The zero-order valence-electron chi connectivity index (χ0n) is 5.82. The molecule has 0 aliphatic heterocycles. The predicted octanol–water partition coefficient (Wildman–Crippen LogP) is 0.321. The Hall–Kier alpha value is -0.570. The molecule has 0 rings (SSSR count). The third-order valence-corrected chi connectivity index (χ3v) is 1.05. The Balaban J connectivity index is 3.30. The lowest BCUT2D eigenvalue weighted by atomic mass is 10.4. The second-order valence-corrected chi connectivity index (χ2v) is 2.30. The number of rotatable bonds is 4. The summed E-state index contributed by atoms with van der Waals surface area (Å²) in [5, 5.41) is 2.41. The fraction of sp³-hybridized carbons (Fsp3) is 0.667. The van der Waals surface area contributed by atoms with Crippen LogP contribution in [0.3, 0.4) is 0 Å². The van der Waals surface area contributed by atoms with Gasteiger partial charge in [0.25, 0.3) is 0 Å². The van der Waals surface area contributed by atoms with Gasteiger partial charge in [-0.25, -0.2) is 0 Å². The van der Waals surface area contributed by atoms with Gasteiger partial charge in [-0.15, -0.1) is 11.6 Å². The minimum absolute atomic E-state index is 0.0528. The van der Waals surface area contributed by atoms with Crippen molar-refractivity contribution in [3.05, 3.63) is 0 Å². The van der Waals surface area contributed by atoms with E-state index in [2.05, 4.69) is 5.32 Å². The fourth-order valence-electron chi connectivity index (χ4n) is 0.397. The molecule has 3 nitrogen and oxygen atoms in total. The molecule has 0 saturated heterocycles. The standard InChI is InChI=1S/C6H10ClNO2/c1-5(9)4-8-6(10)2-3-7/h2-4H2,1H3,(H,8,10). The quantitative estimate of drug-likeness (QED) is 0.607. The Bertz CT molecular complexity index is 136. The summed E-state index contributed by atoms with van der Waals surface area (Å²) in [7, 11) is 0. The highest BCUT2D eigenvalue weighted by Crippen LogP contribution is 1.82. The molecule has 0 bridgehead atoms. The number of ketones is 1. The molecule has 0 unspecified atom stereocenters. The molecular weight excluding hydrogens is 154 g/mol. The predicted molar refractivity (Wildman–Crippen MR) is 39.0 cm³/mol. The molecule has 0 aliphatic carbocycles. The van der Waals surface area contributed by atoms with E-state index in [0.717, 1.165) is 0 Å². The summed E-state index contributed by atoms with van der Waals surface area (Å²) in [5.41, 5.74) is 0. The van der Waals surface area contributed by atoms with Crippen LogP contribution in [0.2, 0.25) is 0 Å². The van der Waals surface area contributed by atoms with Crippen molar-refractivity contribution in [2.75, 3.05) is 12.4 Å². The number of halogens is 1. The van der Waals surface area contributed by atoms with Crippen molar-refractivity contribution < 1.29 is 9.59 Å². The van der Waals surface area contributed by atoms with Crippen molar-refractivity contribution in [2.24, 2.45) is 0 Å². The fourth-order valence-corrected chi connectivity index (χ4v) is 0.569. The molecule has 1 amide bonds. The molecule has 0 aromatic heterocycles. The van der Waals surface area contributed by atoms with Gasteiger partial charge in [0.05, 0.1) is 6.54 Å². The number of carbonyl (C=O) groups is 2. The summed E-state index contributed by atoms with van der Waals surface area (Å²) < 4.78 is 0. The maximum absolute atomic E-state index is 10.6. The largest absolute Gasteiger partial charge is 0.349 e. The Morgan fingerprint density at radius 2 is 2.10 bits per heavy atom. The minimum Gasteiger partial charge on any atom is -0.349 e. The van der Waals surface area contributed by atoms with E-state index in [-0.39, 0.29) is 24.7 Å². The molecule has 0 atom stereocenters. The van der Waals surface area contributed by atoms with Crippen molar-refractivity contribution in [1.29, 1.82) is 0 Å². The number of hydrogen-bond acceptors (Lipinski definition) is 2. The summed E-state index contributed by atoms with van der Waals surface area (Å²) in [6, 6.07) is 0. The molecule has 0 aromatic carbocycles. The summed E-state index contributed by atoms with van der Waals surface area (Å²) >= 11 is 5.27. The Morgan fingerprint density at radius 3 is 2.50 bits per heavy atom. The molecule has 0 aliphatic rings. The van der Waals surface area contributed by atoms with Gasteiger partial charge in [-0.05, 0) is 6.92 Å². The average Bonchev–Trinajstić information content (AvgIpc) is 1.85. The third kappa shape index (κ3) is 5.56. The second-order valence-electron chi connectivity index (χ2n) is 1.92. The van der Waals surface area contributed by atoms with Gasteiger partial charge in [0.2, 0.25) is 5.91 Å². The number of alkyl halides is 1. The van der Waals surface area contributed by atoms with Crippen molar-refractivity contribution in [3.8, 4) is 0 Å². The molecule has 1 N–H and O–H groups in total. The van der Waals surface area contributed by atoms with Crippen LogP contribution in [0, 0.1) is 0 Å². The van der Waals surface area contributed by atoms with Crippen molar-refractivity contribution in [3.63, 3.8) is 0 Å². The topological polar surface area (TPSA) is 46.2 Å². The van der Waals surface area contributed by atoms with Crippen LogP contribution in [0.4, 0.5) is 0 Å². The van der Waals surface area contributed by atoms with Crippen LogP contribution in [0.25, 0.3) is 0 Å². The minimum atomic E-state index is -0.176. The lowest BCUT2D eigenvalue weighted by Crippen LogP contribution is -2.28. The zero-order valence-corrected chi connectivity index (χ0v) is 6.57. The molecule has 58 valence electrons. The summed E-state index contributed by atoms with van der Waals surface area (Å²) in [6.07, 6.45) is 0.273. The molecular formula is C6H10ClNO2. The lowest BCUT2D eigenvalue weighted by Gasteiger charge is -1.98. The van der Waals surface area contributed by atoms with Crippen LogP contribution in [0.15, 0.2) is 0 Å². The highest BCUT2D eigenvalue weighted by Gasteiger charge is 1.99. The van der Waals surface area contributed by atoms with Crippen LogP contribution in [-0.2, 0) is 9.59 Å². The number of nitrogens with one attached hydrogen (secondary N) is 1. The maximum atomic E-state index is 10.6. The van der Waals surface area contributed by atoms with E-state index in [1.807, 2.05) is 0 Å². The highest BCUT2D eigenvalue weighted by atomic mass is 35.5. The molecule has 0 radical (unpaired) electrons. The first kappa shape index (κ1) is 9.43. The summed E-state index contributed by atoms with van der Waals surface area (Å²) in [4.78, 5) is 20.9. The number of hydrogen-bond donors (Lipinski definition) is 1. The van der Waals surface area contributed by atoms with Gasteiger partial charge in [-0.3, -0.25) is 9.59 Å². The molecule has 0 aromatic rings. The van der Waals surface area contributed by atoms with E-state index in [1.165, 1.54) is 6.92 Å². The zero-order chi connectivity index (χ0) is 7.98. The molecule has 0 saturated carbocycles. The Labute approximate surface area is 64.7 Å². The molecule has 0 fully saturated rings. The monoisotopic (exact) mass is 163 g/mol. The van der Waals surface area contributed by atoms with Crippen molar-refractivity contribution in [2.45, 2.75) is 13.3 Å². The van der Waals surface area contributed by atoms with Crippen LogP contribution < -0.4 is 5.32 Å². The van der Waals surface area contributed by atoms with Crippen molar-refractivity contribution >= 4 is 23.3 Å². The van der Waals surface area contributed by atoms with Gasteiger partial charge in [0, 0.05) is 12.3 Å². The van der Waals surface area contributed by atoms with Crippen LogP contribution >= 0.6 is 11.6 Å². The summed E-state index contributed by atoms with van der Waals surface area (Å²) in [5.74, 6) is 0.0668. The third-order valence-electron chi connectivity index (χ3n) is 0.856. The van der Waals surface area contributed by atoms with Crippen LogP contribution in [-0.4, -0.2) is 24.1 Å². The first-order valence-electron chi connectivity index (χ1n) is 2.99. The molecule has 0 spiro atoms. The average molecular weight is 164 g/mol. The summed E-state index contributed by atoms with van der Waals surface area (Å²) in [6.45, 7) is 1.52. The second kappa shape index (κ2) is 5.23. The van der Waals surface area contributed by atoms with Gasteiger partial charge in [-0.2, -0.15) is 0 Å². The normalized spacial score (nSPS) is 9.00. The van der Waals surface area contributed by atoms with E-state index >= 15 is 0 Å². The first-order valence-corrected chi connectivity index (χ1v) is 3.52. The van der Waals surface area contributed by atoms with E-state index in [4.69, 9.17) is 11.6 Å². The van der Waals surface area contributed by atoms with Gasteiger partial charge in [-0.1, -0.05) is 0 Å². The van der Waals surface area contributed by atoms with Gasteiger partial charge >= 0.3 is 0 Å². The Kier molecular flexibility index (Phi) is 4.94. The number of amides is 1. The van der Waals surface area contributed by atoms with Gasteiger partial charge < -0.3 is 5.32 Å². The van der Waals surface area contributed by atoms with Crippen LogP contribution in [0.1, 0.15) is 13.3 Å². The maximum Gasteiger partial charge on any atom is 0.221 e. The van der Waals surface area contributed by atoms with Gasteiger partial charge in [0.15, 0.2) is 0 Å². The van der Waals surface area contributed by atoms with E-state index in [9.17, 15) is 9.59 Å². The molecule has 10 heavy (non-hydrogen) atoms. The van der Waals surface area contributed by atoms with E-state index in [0.29, 0.717) is 5.88 Å². The first-order chi connectivity index (χ1) is 4.66. The van der Waals surface area contributed by atoms with E-state index < -0.39 is 0 Å². The van der Waals surface area contributed by atoms with Crippen molar-refractivity contribution in [1.82, 2.24) is 5.32 Å². The highest BCUT2D eigenvalue weighted by molar-refractivity contribution is 6.18. The smallest absolute Gasteiger partial charge is 0.221 e. The number of Topliss-reactive ketones (excluding diaryl/α,β-unsaturated/α-hetero) is 1. The number of carbonyl (C=O) groups excluding carboxylic acids is 2. The lowest BCUT2D eigenvalue weighted by molar-refractivity contribution is -0.124. The van der Waals surface area contributed by atoms with Gasteiger partial charge in [0.1, 0.15) is 5.78 Å². The molecule has 4 heteroatoms. The van der Waals surface area contributed by atoms with E-state index in [1.54, 1.807) is 0 Å². The molecule has 0 heterocycles. The Morgan fingerprint density at radius 1 is 1.50 bits per heavy atom.